The van der Waals surface area contributed by atoms with Crippen molar-refractivity contribution < 1.29 is 4.74 Å². The molecule has 2 aromatic rings. The fourth-order valence-electron chi connectivity index (χ4n) is 3.57. The molecule has 0 bridgehead atoms. The van der Waals surface area contributed by atoms with E-state index in [0.29, 0.717) is 12.1 Å². The van der Waals surface area contributed by atoms with Crippen LogP contribution in [0, 0.1) is 0 Å². The predicted molar refractivity (Wildman–Crippen MR) is 84.8 cm³/mol. The Morgan fingerprint density at radius 2 is 2.00 bits per heavy atom. The summed E-state index contributed by atoms with van der Waals surface area (Å²) in [6.07, 6.45) is 12.5. The van der Waals surface area contributed by atoms with E-state index >= 15 is 0 Å². The fourth-order valence-corrected chi connectivity index (χ4v) is 3.57. The molecule has 2 fully saturated rings. The number of fused-ring (bicyclic) bond motifs is 1. The lowest BCUT2D eigenvalue weighted by Crippen LogP contribution is -2.23. The van der Waals surface area contributed by atoms with Gasteiger partial charge in [0.15, 0.2) is 11.5 Å². The van der Waals surface area contributed by atoms with Crippen LogP contribution in [0.3, 0.4) is 0 Å². The Balaban J connectivity index is 1.55. The van der Waals surface area contributed by atoms with Crippen molar-refractivity contribution in [2.75, 3.05) is 11.9 Å². The number of anilines is 1. The second-order valence-electron chi connectivity index (χ2n) is 6.41. The van der Waals surface area contributed by atoms with Gasteiger partial charge in [-0.15, -0.1) is 0 Å². The summed E-state index contributed by atoms with van der Waals surface area (Å²) in [5.41, 5.74) is 1.79. The van der Waals surface area contributed by atoms with Crippen LogP contribution in [-0.2, 0) is 11.3 Å². The van der Waals surface area contributed by atoms with Crippen LogP contribution in [0.4, 0.5) is 5.82 Å². The fraction of sp³-hybridized carbons (Fsp3) is 0.688. The summed E-state index contributed by atoms with van der Waals surface area (Å²) < 4.78 is 7.82. The van der Waals surface area contributed by atoms with Crippen molar-refractivity contribution in [3.8, 4) is 0 Å². The molecule has 1 saturated carbocycles. The van der Waals surface area contributed by atoms with Gasteiger partial charge >= 0.3 is 0 Å². The number of hydrogen-bond donors (Lipinski definition) is 1. The molecule has 6 heteroatoms. The molecule has 0 aromatic carbocycles. The number of imidazole rings is 1. The highest BCUT2D eigenvalue weighted by molar-refractivity contribution is 5.82. The molecule has 0 amide bonds. The van der Waals surface area contributed by atoms with Gasteiger partial charge in [0.05, 0.1) is 19.0 Å². The van der Waals surface area contributed by atoms with E-state index in [0.717, 1.165) is 43.0 Å². The van der Waals surface area contributed by atoms with E-state index in [2.05, 4.69) is 24.8 Å². The molecule has 4 rings (SSSR count). The first-order valence-corrected chi connectivity index (χ1v) is 8.44. The maximum Gasteiger partial charge on any atom is 0.165 e. The van der Waals surface area contributed by atoms with Crippen LogP contribution in [0.2, 0.25) is 0 Å². The van der Waals surface area contributed by atoms with Crippen molar-refractivity contribution in [3.63, 3.8) is 0 Å². The third-order valence-corrected chi connectivity index (χ3v) is 4.77. The summed E-state index contributed by atoms with van der Waals surface area (Å²) in [7, 11) is 0. The van der Waals surface area contributed by atoms with E-state index in [1.807, 2.05) is 6.33 Å². The topological polar surface area (TPSA) is 64.9 Å². The minimum atomic E-state index is 0.294. The monoisotopic (exact) mass is 301 g/mol. The Hall–Kier alpha value is -1.69. The van der Waals surface area contributed by atoms with E-state index in [9.17, 15) is 0 Å². The maximum atomic E-state index is 5.72. The first-order chi connectivity index (χ1) is 10.9. The molecule has 0 spiro atoms. The normalized spacial score (nSPS) is 23.2. The average Bonchev–Trinajstić information content (AvgIpc) is 3.20. The molecular weight excluding hydrogens is 278 g/mol. The zero-order valence-electron chi connectivity index (χ0n) is 12.9. The van der Waals surface area contributed by atoms with Crippen LogP contribution in [0.5, 0.6) is 0 Å². The van der Waals surface area contributed by atoms with E-state index < -0.39 is 0 Å². The van der Waals surface area contributed by atoms with Crippen LogP contribution >= 0.6 is 0 Å². The highest BCUT2D eigenvalue weighted by Gasteiger charge is 2.20. The first-order valence-electron chi connectivity index (χ1n) is 8.44. The van der Waals surface area contributed by atoms with Gasteiger partial charge in [-0.05, 0) is 25.7 Å². The summed E-state index contributed by atoms with van der Waals surface area (Å²) in [6.45, 7) is 1.71. The molecule has 3 heterocycles. The van der Waals surface area contributed by atoms with E-state index in [1.54, 1.807) is 6.33 Å². The van der Waals surface area contributed by atoms with E-state index in [1.165, 1.54) is 32.1 Å². The predicted octanol–water partition coefficient (Wildman–Crippen LogP) is 2.75. The molecular formula is C16H23N5O. The lowest BCUT2D eigenvalue weighted by atomic mass is 9.95. The molecule has 2 aromatic heterocycles. The Morgan fingerprint density at radius 1 is 1.09 bits per heavy atom. The van der Waals surface area contributed by atoms with Crippen LogP contribution in [0.15, 0.2) is 12.7 Å². The third kappa shape index (κ3) is 2.79. The van der Waals surface area contributed by atoms with Gasteiger partial charge in [0.1, 0.15) is 11.8 Å². The van der Waals surface area contributed by atoms with Gasteiger partial charge in [-0.25, -0.2) is 15.0 Å². The Labute approximate surface area is 130 Å². The van der Waals surface area contributed by atoms with Crippen molar-refractivity contribution in [1.29, 1.82) is 0 Å². The van der Waals surface area contributed by atoms with Gasteiger partial charge in [-0.1, -0.05) is 19.3 Å². The van der Waals surface area contributed by atoms with Crippen molar-refractivity contribution in [3.05, 3.63) is 12.7 Å². The number of nitrogens with one attached hydrogen (secondary N) is 1. The van der Waals surface area contributed by atoms with Crippen molar-refractivity contribution in [2.45, 2.75) is 63.6 Å². The molecule has 118 valence electrons. The molecule has 22 heavy (non-hydrogen) atoms. The molecule has 1 atom stereocenters. The molecule has 1 unspecified atom stereocenters. The minimum Gasteiger partial charge on any atom is -0.376 e. The van der Waals surface area contributed by atoms with Gasteiger partial charge in [-0.3, -0.25) is 0 Å². The zero-order valence-corrected chi connectivity index (χ0v) is 12.9. The Bertz CT molecular complexity index is 628. The van der Waals surface area contributed by atoms with E-state index in [4.69, 9.17) is 4.74 Å². The van der Waals surface area contributed by atoms with Crippen LogP contribution in [0.25, 0.3) is 11.2 Å². The highest BCUT2D eigenvalue weighted by atomic mass is 16.5. The van der Waals surface area contributed by atoms with Gasteiger partial charge in [-0.2, -0.15) is 0 Å². The summed E-state index contributed by atoms with van der Waals surface area (Å²) >= 11 is 0. The van der Waals surface area contributed by atoms with Gasteiger partial charge in [0.25, 0.3) is 0 Å². The molecule has 6 nitrogen and oxygen atoms in total. The first kappa shape index (κ1) is 13.9. The number of rotatable bonds is 4. The quantitative estimate of drug-likeness (QED) is 0.940. The van der Waals surface area contributed by atoms with E-state index in [-0.39, 0.29) is 0 Å². The van der Waals surface area contributed by atoms with Crippen molar-refractivity contribution in [2.24, 2.45) is 0 Å². The number of aromatic nitrogens is 4. The highest BCUT2D eigenvalue weighted by Crippen LogP contribution is 2.24. The molecule has 1 aliphatic carbocycles. The lowest BCUT2D eigenvalue weighted by Gasteiger charge is -2.23. The average molecular weight is 301 g/mol. The van der Waals surface area contributed by atoms with Gasteiger partial charge < -0.3 is 14.6 Å². The Kier molecular flexibility index (Phi) is 3.93. The molecule has 0 radical (unpaired) electrons. The van der Waals surface area contributed by atoms with Gasteiger partial charge in [0, 0.05) is 12.6 Å². The SMILES string of the molecule is c1nc(NC2CCCCC2)c2ncn(CC3CCCO3)c2n1. The van der Waals surface area contributed by atoms with Crippen molar-refractivity contribution >= 4 is 17.0 Å². The third-order valence-electron chi connectivity index (χ3n) is 4.77. The zero-order chi connectivity index (χ0) is 14.8. The van der Waals surface area contributed by atoms with Gasteiger partial charge in [0.2, 0.25) is 0 Å². The van der Waals surface area contributed by atoms with Crippen LogP contribution in [0.1, 0.15) is 44.9 Å². The lowest BCUT2D eigenvalue weighted by molar-refractivity contribution is 0.0978. The summed E-state index contributed by atoms with van der Waals surface area (Å²) in [4.78, 5) is 13.4. The molecule has 1 N–H and O–H groups in total. The number of nitrogens with zero attached hydrogens (tertiary/aromatic N) is 4. The van der Waals surface area contributed by atoms with Crippen LogP contribution in [-0.4, -0.2) is 38.3 Å². The smallest absolute Gasteiger partial charge is 0.165 e. The second kappa shape index (κ2) is 6.20. The molecule has 1 aliphatic heterocycles. The molecule has 2 aliphatic rings. The molecule has 1 saturated heterocycles. The summed E-state index contributed by atoms with van der Waals surface area (Å²) in [5.74, 6) is 0.878. The minimum absolute atomic E-state index is 0.294. The second-order valence-corrected chi connectivity index (χ2v) is 6.41. The summed E-state index contributed by atoms with van der Waals surface area (Å²) in [6, 6.07) is 0.523. The largest absolute Gasteiger partial charge is 0.376 e. The van der Waals surface area contributed by atoms with Crippen LogP contribution < -0.4 is 5.32 Å². The number of ether oxygens (including phenoxy) is 1. The summed E-state index contributed by atoms with van der Waals surface area (Å²) in [5, 5.41) is 3.57. The van der Waals surface area contributed by atoms with Crippen molar-refractivity contribution in [1.82, 2.24) is 19.5 Å². The Morgan fingerprint density at radius 3 is 2.82 bits per heavy atom. The standard InChI is InChI=1S/C16H23N5O/c1-2-5-12(6-3-1)20-15-14-16(18-10-17-15)21(11-19-14)9-13-7-4-8-22-13/h10-13H,1-9H2,(H,17,18,20). The number of hydrogen-bond acceptors (Lipinski definition) is 5. The maximum absolute atomic E-state index is 5.72.